The molecule has 1 unspecified atom stereocenters. The Labute approximate surface area is 139 Å². The van der Waals surface area contributed by atoms with Crippen molar-refractivity contribution in [3.05, 3.63) is 35.6 Å². The summed E-state index contributed by atoms with van der Waals surface area (Å²) in [6.07, 6.45) is 6.22. The zero-order chi connectivity index (χ0) is 15.9. The first-order valence-electron chi connectivity index (χ1n) is 9.10. The second-order valence-electron chi connectivity index (χ2n) is 6.83. The quantitative estimate of drug-likeness (QED) is 0.801. The van der Waals surface area contributed by atoms with Crippen LogP contribution in [0.15, 0.2) is 24.3 Å². The van der Waals surface area contributed by atoms with Crippen molar-refractivity contribution < 1.29 is 9.13 Å². The summed E-state index contributed by atoms with van der Waals surface area (Å²) in [5.74, 6) is -0.143. The van der Waals surface area contributed by atoms with Crippen LogP contribution in [-0.4, -0.2) is 61.8 Å². The average Bonchev–Trinajstić information content (AvgIpc) is 2.59. The van der Waals surface area contributed by atoms with Crippen LogP contribution < -0.4 is 0 Å². The predicted molar refractivity (Wildman–Crippen MR) is 91.2 cm³/mol. The Bertz CT molecular complexity index is 459. The first-order chi connectivity index (χ1) is 11.3. The number of piperidine rings is 1. The number of rotatable bonds is 6. The number of halogens is 1. The van der Waals surface area contributed by atoms with Crippen LogP contribution in [0.4, 0.5) is 4.39 Å². The lowest BCUT2D eigenvalue weighted by Crippen LogP contribution is -2.49. The summed E-state index contributed by atoms with van der Waals surface area (Å²) in [6.45, 7) is 7.53. The van der Waals surface area contributed by atoms with E-state index in [0.717, 1.165) is 45.7 Å². The van der Waals surface area contributed by atoms with Crippen molar-refractivity contribution in [3.63, 3.8) is 0 Å². The van der Waals surface area contributed by atoms with E-state index in [2.05, 4.69) is 9.80 Å². The van der Waals surface area contributed by atoms with Crippen molar-refractivity contribution in [2.24, 2.45) is 0 Å². The van der Waals surface area contributed by atoms with Gasteiger partial charge in [-0.2, -0.15) is 0 Å². The van der Waals surface area contributed by atoms with Gasteiger partial charge in [-0.15, -0.1) is 0 Å². The summed E-state index contributed by atoms with van der Waals surface area (Å²) >= 11 is 0. The van der Waals surface area contributed by atoms with Crippen molar-refractivity contribution in [1.82, 2.24) is 9.80 Å². The Morgan fingerprint density at radius 2 is 1.83 bits per heavy atom. The molecule has 3 rings (SSSR count). The zero-order valence-corrected chi connectivity index (χ0v) is 14.1. The molecule has 128 valence electrons. The third kappa shape index (κ3) is 5.27. The maximum Gasteiger partial charge on any atom is 0.123 e. The van der Waals surface area contributed by atoms with Crippen LogP contribution >= 0.6 is 0 Å². The van der Waals surface area contributed by atoms with Crippen molar-refractivity contribution >= 4 is 0 Å². The van der Waals surface area contributed by atoms with Crippen LogP contribution in [-0.2, 0) is 11.2 Å². The number of hydrogen-bond acceptors (Lipinski definition) is 3. The highest BCUT2D eigenvalue weighted by atomic mass is 19.1. The fourth-order valence-corrected chi connectivity index (χ4v) is 3.78. The van der Waals surface area contributed by atoms with Gasteiger partial charge in [-0.05, 0) is 56.5 Å². The van der Waals surface area contributed by atoms with E-state index >= 15 is 0 Å². The molecule has 0 radical (unpaired) electrons. The van der Waals surface area contributed by atoms with Gasteiger partial charge in [0, 0.05) is 25.7 Å². The van der Waals surface area contributed by atoms with Crippen LogP contribution in [0.2, 0.25) is 0 Å². The van der Waals surface area contributed by atoms with Gasteiger partial charge in [0.05, 0.1) is 13.2 Å². The lowest BCUT2D eigenvalue weighted by molar-refractivity contribution is 0.0166. The standard InChI is InChI=1S/C19H29FN2O/c20-18-8-6-17(7-9-18)4-3-11-22-10-2-1-5-19(22)16-21-12-14-23-15-13-21/h6-9,19H,1-5,10-16H2. The molecule has 1 aromatic carbocycles. The Morgan fingerprint density at radius 3 is 2.61 bits per heavy atom. The number of benzene rings is 1. The second-order valence-corrected chi connectivity index (χ2v) is 6.83. The molecular formula is C19H29FN2O. The van der Waals surface area contributed by atoms with Crippen LogP contribution in [0.25, 0.3) is 0 Å². The summed E-state index contributed by atoms with van der Waals surface area (Å²) < 4.78 is 18.4. The first-order valence-corrected chi connectivity index (χ1v) is 9.10. The lowest BCUT2D eigenvalue weighted by atomic mass is 10.0. The SMILES string of the molecule is Fc1ccc(CCCN2CCCCC2CN2CCOCC2)cc1. The molecule has 0 spiro atoms. The van der Waals surface area contributed by atoms with Crippen LogP contribution in [0.5, 0.6) is 0 Å². The smallest absolute Gasteiger partial charge is 0.123 e. The number of ether oxygens (including phenoxy) is 1. The van der Waals surface area contributed by atoms with Gasteiger partial charge in [-0.1, -0.05) is 18.6 Å². The first kappa shape index (κ1) is 16.9. The fraction of sp³-hybridized carbons (Fsp3) is 0.684. The molecular weight excluding hydrogens is 291 g/mol. The number of hydrogen-bond donors (Lipinski definition) is 0. The Kier molecular flexibility index (Phi) is 6.43. The summed E-state index contributed by atoms with van der Waals surface area (Å²) in [5.41, 5.74) is 1.24. The molecule has 0 aromatic heterocycles. The van der Waals surface area contributed by atoms with Crippen molar-refractivity contribution in [2.75, 3.05) is 45.9 Å². The van der Waals surface area contributed by atoms with E-state index in [1.807, 2.05) is 12.1 Å². The minimum Gasteiger partial charge on any atom is -0.379 e. The lowest BCUT2D eigenvalue weighted by Gasteiger charge is -2.39. The number of morpholine rings is 1. The molecule has 0 amide bonds. The maximum atomic E-state index is 13.0. The average molecular weight is 320 g/mol. The molecule has 3 nitrogen and oxygen atoms in total. The number of nitrogens with zero attached hydrogens (tertiary/aromatic N) is 2. The van der Waals surface area contributed by atoms with E-state index < -0.39 is 0 Å². The topological polar surface area (TPSA) is 15.7 Å². The molecule has 2 fully saturated rings. The molecule has 2 aliphatic heterocycles. The van der Waals surface area contributed by atoms with E-state index in [1.165, 1.54) is 37.9 Å². The largest absolute Gasteiger partial charge is 0.379 e. The molecule has 0 N–H and O–H groups in total. The van der Waals surface area contributed by atoms with Crippen molar-refractivity contribution in [3.8, 4) is 0 Å². The molecule has 2 saturated heterocycles. The molecule has 1 aromatic rings. The van der Waals surface area contributed by atoms with Gasteiger partial charge in [0.15, 0.2) is 0 Å². The van der Waals surface area contributed by atoms with E-state index in [0.29, 0.717) is 6.04 Å². The molecule has 0 saturated carbocycles. The fourth-order valence-electron chi connectivity index (χ4n) is 3.78. The summed E-state index contributed by atoms with van der Waals surface area (Å²) in [7, 11) is 0. The van der Waals surface area contributed by atoms with Gasteiger partial charge in [0.2, 0.25) is 0 Å². The molecule has 1 atom stereocenters. The van der Waals surface area contributed by atoms with Crippen molar-refractivity contribution in [2.45, 2.75) is 38.1 Å². The molecule has 23 heavy (non-hydrogen) atoms. The van der Waals surface area contributed by atoms with Gasteiger partial charge in [-0.3, -0.25) is 9.80 Å². The van der Waals surface area contributed by atoms with Gasteiger partial charge < -0.3 is 4.74 Å². The zero-order valence-electron chi connectivity index (χ0n) is 14.1. The highest BCUT2D eigenvalue weighted by molar-refractivity contribution is 5.16. The minimum absolute atomic E-state index is 0.143. The highest BCUT2D eigenvalue weighted by Crippen LogP contribution is 2.19. The van der Waals surface area contributed by atoms with Gasteiger partial charge >= 0.3 is 0 Å². The number of aryl methyl sites for hydroxylation is 1. The van der Waals surface area contributed by atoms with Crippen molar-refractivity contribution in [1.29, 1.82) is 0 Å². The summed E-state index contributed by atoms with van der Waals surface area (Å²) in [4.78, 5) is 5.24. The molecule has 0 bridgehead atoms. The third-order valence-electron chi connectivity index (χ3n) is 5.15. The minimum atomic E-state index is -0.143. The highest BCUT2D eigenvalue weighted by Gasteiger charge is 2.24. The predicted octanol–water partition coefficient (Wildman–Crippen LogP) is 2.95. The monoisotopic (exact) mass is 320 g/mol. The molecule has 0 aliphatic carbocycles. The van der Waals surface area contributed by atoms with Gasteiger partial charge in [-0.25, -0.2) is 4.39 Å². The van der Waals surface area contributed by atoms with Crippen LogP contribution in [0, 0.1) is 5.82 Å². The Hall–Kier alpha value is -0.970. The second kappa shape index (κ2) is 8.76. The molecule has 2 aliphatic rings. The van der Waals surface area contributed by atoms with E-state index in [9.17, 15) is 4.39 Å². The normalized spacial score (nSPS) is 24.0. The molecule has 4 heteroatoms. The third-order valence-corrected chi connectivity index (χ3v) is 5.15. The maximum absolute atomic E-state index is 13.0. The van der Waals surface area contributed by atoms with Crippen LogP contribution in [0.3, 0.4) is 0 Å². The van der Waals surface area contributed by atoms with E-state index in [-0.39, 0.29) is 5.82 Å². The van der Waals surface area contributed by atoms with E-state index in [4.69, 9.17) is 4.74 Å². The number of likely N-dealkylation sites (tertiary alicyclic amines) is 1. The van der Waals surface area contributed by atoms with Gasteiger partial charge in [0.1, 0.15) is 5.82 Å². The Balaban J connectivity index is 1.45. The Morgan fingerprint density at radius 1 is 1.04 bits per heavy atom. The van der Waals surface area contributed by atoms with Gasteiger partial charge in [0.25, 0.3) is 0 Å². The molecule has 2 heterocycles. The van der Waals surface area contributed by atoms with Crippen LogP contribution in [0.1, 0.15) is 31.2 Å². The summed E-state index contributed by atoms with van der Waals surface area (Å²) in [5, 5.41) is 0. The summed E-state index contributed by atoms with van der Waals surface area (Å²) in [6, 6.07) is 7.66. The van der Waals surface area contributed by atoms with E-state index in [1.54, 1.807) is 12.1 Å².